The van der Waals surface area contributed by atoms with E-state index in [0.29, 0.717) is 5.02 Å². The lowest BCUT2D eigenvalue weighted by Crippen LogP contribution is -2.31. The van der Waals surface area contributed by atoms with Crippen LogP contribution in [0.15, 0.2) is 18.2 Å². The van der Waals surface area contributed by atoms with Crippen molar-refractivity contribution in [1.82, 2.24) is 5.32 Å². The highest BCUT2D eigenvalue weighted by Crippen LogP contribution is 2.58. The first-order valence-corrected chi connectivity index (χ1v) is 7.26. The summed E-state index contributed by atoms with van der Waals surface area (Å²) in [5.41, 5.74) is 2.18. The number of hydrogen-bond acceptors (Lipinski definition) is 2. The minimum absolute atomic E-state index is 0.173. The monoisotopic (exact) mass is 278 g/mol. The molecule has 19 heavy (non-hydrogen) atoms. The van der Waals surface area contributed by atoms with Crippen LogP contribution in [0.25, 0.3) is 0 Å². The Balaban J connectivity index is 1.66. The molecule has 0 aromatic heterocycles. The molecule has 1 saturated heterocycles. The van der Waals surface area contributed by atoms with E-state index in [9.17, 15) is 4.79 Å². The van der Waals surface area contributed by atoms with Crippen LogP contribution in [-0.2, 0) is 4.79 Å². The largest absolute Gasteiger partial charge is 0.326 e. The number of hydrogen-bond donors (Lipinski definition) is 2. The second kappa shape index (κ2) is 4.80. The lowest BCUT2D eigenvalue weighted by molar-refractivity contribution is -0.118. The third-order valence-corrected chi connectivity index (χ3v) is 4.79. The molecule has 1 spiro atoms. The molecule has 1 unspecified atom stereocenters. The standard InChI is InChI=1S/C15H19ClN2O/c1-10-8-11(16)2-3-13(10)18-14(19)12-9-15(12)4-6-17-7-5-15/h2-3,8,12,17H,4-7,9H2,1H3,(H,18,19). The summed E-state index contributed by atoms with van der Waals surface area (Å²) in [6.45, 7) is 4.06. The van der Waals surface area contributed by atoms with Gasteiger partial charge in [0.15, 0.2) is 0 Å². The van der Waals surface area contributed by atoms with Gasteiger partial charge in [-0.05, 0) is 68.5 Å². The predicted molar refractivity (Wildman–Crippen MR) is 77.5 cm³/mol. The van der Waals surface area contributed by atoms with Crippen LogP contribution in [0.3, 0.4) is 0 Å². The van der Waals surface area contributed by atoms with Gasteiger partial charge in [-0.1, -0.05) is 11.6 Å². The van der Waals surface area contributed by atoms with Gasteiger partial charge < -0.3 is 10.6 Å². The summed E-state index contributed by atoms with van der Waals surface area (Å²) < 4.78 is 0. The molecular formula is C15H19ClN2O. The van der Waals surface area contributed by atoms with Crippen LogP contribution < -0.4 is 10.6 Å². The Morgan fingerprint density at radius 2 is 2.16 bits per heavy atom. The number of nitrogens with one attached hydrogen (secondary N) is 2. The Morgan fingerprint density at radius 3 is 2.84 bits per heavy atom. The van der Waals surface area contributed by atoms with Crippen molar-refractivity contribution in [2.75, 3.05) is 18.4 Å². The number of carbonyl (C=O) groups is 1. The lowest BCUT2D eigenvalue weighted by Gasteiger charge is -2.23. The zero-order valence-electron chi connectivity index (χ0n) is 11.1. The molecule has 1 aromatic carbocycles. The number of halogens is 1. The Kier molecular flexibility index (Phi) is 3.27. The van der Waals surface area contributed by atoms with E-state index in [1.165, 1.54) is 0 Å². The van der Waals surface area contributed by atoms with Gasteiger partial charge in [0.25, 0.3) is 0 Å². The van der Waals surface area contributed by atoms with Crippen molar-refractivity contribution in [3.05, 3.63) is 28.8 Å². The van der Waals surface area contributed by atoms with Gasteiger partial charge >= 0.3 is 0 Å². The number of anilines is 1. The molecule has 1 aliphatic carbocycles. The first-order chi connectivity index (χ1) is 9.11. The van der Waals surface area contributed by atoms with E-state index in [-0.39, 0.29) is 17.2 Å². The molecule has 1 saturated carbocycles. The molecule has 102 valence electrons. The topological polar surface area (TPSA) is 41.1 Å². The van der Waals surface area contributed by atoms with Crippen LogP contribution in [0.1, 0.15) is 24.8 Å². The van der Waals surface area contributed by atoms with E-state index in [2.05, 4.69) is 10.6 Å². The van der Waals surface area contributed by atoms with Crippen molar-refractivity contribution in [2.45, 2.75) is 26.2 Å². The molecule has 2 aliphatic rings. The van der Waals surface area contributed by atoms with E-state index < -0.39 is 0 Å². The zero-order chi connectivity index (χ0) is 13.5. The molecule has 2 fully saturated rings. The van der Waals surface area contributed by atoms with Crippen LogP contribution in [0.4, 0.5) is 5.69 Å². The lowest BCUT2D eigenvalue weighted by atomic mass is 9.91. The maximum Gasteiger partial charge on any atom is 0.228 e. The number of carbonyl (C=O) groups excluding carboxylic acids is 1. The van der Waals surface area contributed by atoms with Gasteiger partial charge in [-0.3, -0.25) is 4.79 Å². The van der Waals surface area contributed by atoms with E-state index in [0.717, 1.165) is 43.6 Å². The van der Waals surface area contributed by atoms with Gasteiger partial charge in [0.05, 0.1) is 0 Å². The molecule has 1 heterocycles. The normalized spacial score (nSPS) is 24.2. The molecule has 0 radical (unpaired) electrons. The van der Waals surface area contributed by atoms with Crippen LogP contribution in [0.5, 0.6) is 0 Å². The molecule has 3 nitrogen and oxygen atoms in total. The van der Waals surface area contributed by atoms with E-state index in [1.54, 1.807) is 0 Å². The first-order valence-electron chi connectivity index (χ1n) is 6.88. The fourth-order valence-corrected chi connectivity index (χ4v) is 3.41. The van der Waals surface area contributed by atoms with Gasteiger partial charge in [-0.15, -0.1) is 0 Å². The highest BCUT2D eigenvalue weighted by Gasteiger charge is 2.57. The van der Waals surface area contributed by atoms with Crippen molar-refractivity contribution >= 4 is 23.2 Å². The zero-order valence-corrected chi connectivity index (χ0v) is 11.9. The maximum atomic E-state index is 12.3. The number of rotatable bonds is 2. The molecular weight excluding hydrogens is 260 g/mol. The third-order valence-electron chi connectivity index (χ3n) is 4.55. The molecule has 3 rings (SSSR count). The number of piperidine rings is 1. The summed E-state index contributed by atoms with van der Waals surface area (Å²) in [7, 11) is 0. The highest BCUT2D eigenvalue weighted by molar-refractivity contribution is 6.30. The number of aryl methyl sites for hydroxylation is 1. The SMILES string of the molecule is Cc1cc(Cl)ccc1NC(=O)C1CC12CCNCC2. The number of amides is 1. The quantitative estimate of drug-likeness (QED) is 0.873. The molecule has 0 bridgehead atoms. The third kappa shape index (κ3) is 2.49. The summed E-state index contributed by atoms with van der Waals surface area (Å²) in [6.07, 6.45) is 3.31. The molecule has 1 amide bonds. The van der Waals surface area contributed by atoms with Crippen LogP contribution in [0, 0.1) is 18.3 Å². The maximum absolute atomic E-state index is 12.3. The fourth-order valence-electron chi connectivity index (χ4n) is 3.18. The van der Waals surface area contributed by atoms with E-state index in [4.69, 9.17) is 11.6 Å². The van der Waals surface area contributed by atoms with Gasteiger partial charge in [-0.25, -0.2) is 0 Å². The van der Waals surface area contributed by atoms with Crippen LogP contribution in [0.2, 0.25) is 5.02 Å². The Labute approximate surface area is 118 Å². The average molecular weight is 279 g/mol. The van der Waals surface area contributed by atoms with Crippen molar-refractivity contribution in [1.29, 1.82) is 0 Å². The Bertz CT molecular complexity index is 509. The summed E-state index contributed by atoms with van der Waals surface area (Å²) in [6, 6.07) is 5.58. The second-order valence-corrected chi connectivity index (χ2v) is 6.25. The average Bonchev–Trinajstić information content (AvgIpc) is 3.07. The van der Waals surface area contributed by atoms with Crippen molar-refractivity contribution in [2.24, 2.45) is 11.3 Å². The predicted octanol–water partition coefficient (Wildman–Crippen LogP) is 2.98. The number of benzene rings is 1. The first kappa shape index (κ1) is 12.9. The summed E-state index contributed by atoms with van der Waals surface area (Å²) >= 11 is 5.93. The highest BCUT2D eigenvalue weighted by atomic mass is 35.5. The van der Waals surface area contributed by atoms with Crippen LogP contribution >= 0.6 is 11.6 Å². The summed E-state index contributed by atoms with van der Waals surface area (Å²) in [4.78, 5) is 12.3. The molecule has 2 N–H and O–H groups in total. The van der Waals surface area contributed by atoms with Gasteiger partial charge in [0, 0.05) is 16.6 Å². The molecule has 1 atom stereocenters. The van der Waals surface area contributed by atoms with Gasteiger partial charge in [0.2, 0.25) is 5.91 Å². The van der Waals surface area contributed by atoms with Crippen molar-refractivity contribution in [3.8, 4) is 0 Å². The minimum Gasteiger partial charge on any atom is -0.326 e. The smallest absolute Gasteiger partial charge is 0.228 e. The summed E-state index contributed by atoms with van der Waals surface area (Å²) in [5.74, 6) is 0.372. The van der Waals surface area contributed by atoms with Crippen molar-refractivity contribution < 1.29 is 4.79 Å². The van der Waals surface area contributed by atoms with Crippen LogP contribution in [-0.4, -0.2) is 19.0 Å². The fraction of sp³-hybridized carbons (Fsp3) is 0.533. The summed E-state index contributed by atoms with van der Waals surface area (Å²) in [5, 5.41) is 7.12. The van der Waals surface area contributed by atoms with Crippen molar-refractivity contribution in [3.63, 3.8) is 0 Å². The second-order valence-electron chi connectivity index (χ2n) is 5.82. The van der Waals surface area contributed by atoms with E-state index in [1.807, 2.05) is 25.1 Å². The van der Waals surface area contributed by atoms with Gasteiger partial charge in [-0.2, -0.15) is 0 Å². The Morgan fingerprint density at radius 1 is 1.42 bits per heavy atom. The Hall–Kier alpha value is -1.06. The van der Waals surface area contributed by atoms with E-state index >= 15 is 0 Å². The molecule has 1 aliphatic heterocycles. The van der Waals surface area contributed by atoms with Gasteiger partial charge in [0.1, 0.15) is 0 Å². The molecule has 4 heteroatoms. The minimum atomic E-state index is 0.173. The molecule has 1 aromatic rings.